The molecule has 0 fully saturated rings. The predicted molar refractivity (Wildman–Crippen MR) is 90.7 cm³/mol. The number of amides is 1. The molecule has 0 aliphatic heterocycles. The fraction of sp³-hybridized carbons (Fsp3) is 0.200. The van der Waals surface area contributed by atoms with E-state index in [4.69, 9.17) is 4.74 Å². The first-order chi connectivity index (χ1) is 11.4. The van der Waals surface area contributed by atoms with Gasteiger partial charge >= 0.3 is 11.0 Å². The second kappa shape index (κ2) is 7.55. The maximum absolute atomic E-state index is 11.8. The molecule has 2 rings (SSSR count). The molecule has 0 atom stereocenters. The van der Waals surface area contributed by atoms with Crippen molar-refractivity contribution in [3.05, 3.63) is 51.4 Å². The molecular formula is C15H15N3O5S. The Kier molecular flexibility index (Phi) is 5.48. The molecule has 9 heteroatoms. The Bertz CT molecular complexity index is 755. The van der Waals surface area contributed by atoms with E-state index in [0.717, 1.165) is 5.69 Å². The lowest BCUT2D eigenvalue weighted by Crippen LogP contribution is -2.20. The minimum absolute atomic E-state index is 0.0739. The van der Waals surface area contributed by atoms with Crippen LogP contribution in [0, 0.1) is 10.1 Å². The number of esters is 1. The van der Waals surface area contributed by atoms with E-state index in [1.165, 1.54) is 12.1 Å². The van der Waals surface area contributed by atoms with E-state index in [1.807, 2.05) is 31.1 Å². The summed E-state index contributed by atoms with van der Waals surface area (Å²) in [5.74, 6) is -1.27. The zero-order valence-corrected chi connectivity index (χ0v) is 13.8. The first-order valence-corrected chi connectivity index (χ1v) is 7.67. The molecule has 0 saturated heterocycles. The molecular weight excluding hydrogens is 334 g/mol. The molecule has 0 saturated carbocycles. The second-order valence-corrected chi connectivity index (χ2v) is 6.02. The smallest absolute Gasteiger partial charge is 0.349 e. The topological polar surface area (TPSA) is 102 Å². The van der Waals surface area contributed by atoms with Crippen molar-refractivity contribution in [2.75, 3.05) is 30.9 Å². The quantitative estimate of drug-likeness (QED) is 0.488. The highest BCUT2D eigenvalue weighted by atomic mass is 32.1. The lowest BCUT2D eigenvalue weighted by molar-refractivity contribution is -0.380. The number of nitrogens with one attached hydrogen (secondary N) is 1. The highest BCUT2D eigenvalue weighted by Gasteiger charge is 2.17. The van der Waals surface area contributed by atoms with Crippen LogP contribution in [0.1, 0.15) is 9.67 Å². The standard InChI is InChI=1S/C15H15N3O5S/c1-17(2)11-5-3-10(4-6-11)16-13(19)9-23-15(20)12-7-8-14(24-12)18(21)22/h3-8H,9H2,1-2H3,(H,16,19). The number of benzene rings is 1. The summed E-state index contributed by atoms with van der Waals surface area (Å²) in [6.07, 6.45) is 0. The van der Waals surface area contributed by atoms with Gasteiger partial charge in [-0.1, -0.05) is 11.3 Å². The summed E-state index contributed by atoms with van der Waals surface area (Å²) in [4.78, 5) is 35.5. The maximum atomic E-state index is 11.8. The molecule has 24 heavy (non-hydrogen) atoms. The number of carbonyl (C=O) groups is 2. The summed E-state index contributed by atoms with van der Waals surface area (Å²) in [5.41, 5.74) is 1.56. The summed E-state index contributed by atoms with van der Waals surface area (Å²) < 4.78 is 4.85. The largest absolute Gasteiger partial charge is 0.451 e. The molecule has 126 valence electrons. The van der Waals surface area contributed by atoms with Crippen LogP contribution in [0.15, 0.2) is 36.4 Å². The van der Waals surface area contributed by atoms with Gasteiger partial charge in [0.15, 0.2) is 6.61 Å². The van der Waals surface area contributed by atoms with Crippen molar-refractivity contribution in [2.24, 2.45) is 0 Å². The van der Waals surface area contributed by atoms with Gasteiger partial charge in [0.05, 0.1) is 4.92 Å². The number of carbonyl (C=O) groups excluding carboxylic acids is 2. The van der Waals surface area contributed by atoms with Crippen LogP contribution in [0.5, 0.6) is 0 Å². The highest BCUT2D eigenvalue weighted by molar-refractivity contribution is 7.17. The number of rotatable bonds is 6. The van der Waals surface area contributed by atoms with E-state index in [9.17, 15) is 19.7 Å². The minimum atomic E-state index is -0.772. The fourth-order valence-electron chi connectivity index (χ4n) is 1.78. The number of thiophene rings is 1. The third-order valence-corrected chi connectivity index (χ3v) is 3.99. The van der Waals surface area contributed by atoms with Gasteiger partial charge in [0.1, 0.15) is 4.88 Å². The van der Waals surface area contributed by atoms with Crippen LogP contribution >= 0.6 is 11.3 Å². The van der Waals surface area contributed by atoms with E-state index in [1.54, 1.807) is 12.1 Å². The van der Waals surface area contributed by atoms with E-state index < -0.39 is 23.4 Å². The molecule has 0 radical (unpaired) electrons. The van der Waals surface area contributed by atoms with Gasteiger partial charge in [0.25, 0.3) is 5.91 Å². The SMILES string of the molecule is CN(C)c1ccc(NC(=O)COC(=O)c2ccc([N+](=O)[O-])s2)cc1. The first-order valence-electron chi connectivity index (χ1n) is 6.85. The number of anilines is 2. The van der Waals surface area contributed by atoms with Crippen LogP contribution in [0.2, 0.25) is 0 Å². The van der Waals surface area contributed by atoms with Crippen molar-refractivity contribution in [3.8, 4) is 0 Å². The Hall–Kier alpha value is -2.94. The molecule has 0 bridgehead atoms. The lowest BCUT2D eigenvalue weighted by atomic mass is 10.2. The minimum Gasteiger partial charge on any atom is -0.451 e. The van der Waals surface area contributed by atoms with Crippen molar-refractivity contribution in [3.63, 3.8) is 0 Å². The average molecular weight is 349 g/mol. The lowest BCUT2D eigenvalue weighted by Gasteiger charge is -2.13. The number of hydrogen-bond donors (Lipinski definition) is 1. The summed E-state index contributed by atoms with van der Waals surface area (Å²) >= 11 is 0.699. The molecule has 1 amide bonds. The zero-order valence-electron chi connectivity index (χ0n) is 13.0. The molecule has 1 aromatic carbocycles. The Balaban J connectivity index is 1.85. The first kappa shape index (κ1) is 17.4. The van der Waals surface area contributed by atoms with Gasteiger partial charge < -0.3 is 15.0 Å². The van der Waals surface area contributed by atoms with Gasteiger partial charge in [-0.05, 0) is 30.3 Å². The van der Waals surface area contributed by atoms with Gasteiger partial charge in [-0.2, -0.15) is 0 Å². The highest BCUT2D eigenvalue weighted by Crippen LogP contribution is 2.24. The summed E-state index contributed by atoms with van der Waals surface area (Å²) in [7, 11) is 3.81. The van der Waals surface area contributed by atoms with Crippen molar-refractivity contribution < 1.29 is 19.2 Å². The number of nitro groups is 1. The molecule has 1 N–H and O–H groups in total. The van der Waals surface area contributed by atoms with Gasteiger partial charge in [0, 0.05) is 31.5 Å². The van der Waals surface area contributed by atoms with E-state index >= 15 is 0 Å². The van der Waals surface area contributed by atoms with E-state index in [0.29, 0.717) is 17.0 Å². The Morgan fingerprint density at radius 3 is 2.42 bits per heavy atom. The molecule has 1 heterocycles. The molecule has 1 aromatic heterocycles. The maximum Gasteiger partial charge on any atom is 0.349 e. The molecule has 0 aliphatic carbocycles. The normalized spacial score (nSPS) is 10.1. The predicted octanol–water partition coefficient (Wildman–Crippen LogP) is 2.52. The molecule has 2 aromatic rings. The van der Waals surface area contributed by atoms with Crippen molar-refractivity contribution in [1.82, 2.24) is 0 Å². The van der Waals surface area contributed by atoms with Gasteiger partial charge in [-0.3, -0.25) is 14.9 Å². The van der Waals surface area contributed by atoms with Crippen LogP contribution in [-0.2, 0) is 9.53 Å². The Labute approximate surface area is 141 Å². The summed E-state index contributed by atoms with van der Waals surface area (Å²) in [6, 6.07) is 9.66. The number of nitrogens with zero attached hydrogens (tertiary/aromatic N) is 2. The van der Waals surface area contributed by atoms with E-state index in [2.05, 4.69) is 5.32 Å². The Morgan fingerprint density at radius 2 is 1.88 bits per heavy atom. The van der Waals surface area contributed by atoms with Gasteiger partial charge in [-0.15, -0.1) is 0 Å². The average Bonchev–Trinajstić information content (AvgIpc) is 3.03. The molecule has 0 aliphatic rings. The Morgan fingerprint density at radius 1 is 1.21 bits per heavy atom. The van der Waals surface area contributed by atoms with Crippen molar-refractivity contribution >= 4 is 39.6 Å². The third-order valence-electron chi connectivity index (χ3n) is 2.97. The third kappa shape index (κ3) is 4.53. The van der Waals surface area contributed by atoms with Crippen molar-refractivity contribution in [1.29, 1.82) is 0 Å². The number of hydrogen-bond acceptors (Lipinski definition) is 7. The van der Waals surface area contributed by atoms with Crippen LogP contribution in [0.4, 0.5) is 16.4 Å². The fourth-order valence-corrected chi connectivity index (χ4v) is 2.49. The summed E-state index contributed by atoms with van der Waals surface area (Å²) in [5, 5.41) is 13.0. The van der Waals surface area contributed by atoms with Gasteiger partial charge in [-0.25, -0.2) is 4.79 Å². The van der Waals surface area contributed by atoms with Crippen LogP contribution in [0.25, 0.3) is 0 Å². The van der Waals surface area contributed by atoms with Crippen LogP contribution in [0.3, 0.4) is 0 Å². The zero-order chi connectivity index (χ0) is 17.7. The monoisotopic (exact) mass is 349 g/mol. The number of ether oxygens (including phenoxy) is 1. The van der Waals surface area contributed by atoms with Crippen LogP contribution < -0.4 is 10.2 Å². The molecule has 8 nitrogen and oxygen atoms in total. The van der Waals surface area contributed by atoms with E-state index in [-0.39, 0.29) is 9.88 Å². The van der Waals surface area contributed by atoms with Crippen molar-refractivity contribution in [2.45, 2.75) is 0 Å². The van der Waals surface area contributed by atoms with Gasteiger partial charge in [0.2, 0.25) is 0 Å². The molecule has 0 unspecified atom stereocenters. The second-order valence-electron chi connectivity index (χ2n) is 4.96. The molecule has 0 spiro atoms. The van der Waals surface area contributed by atoms with Crippen LogP contribution in [-0.4, -0.2) is 37.5 Å². The summed E-state index contributed by atoms with van der Waals surface area (Å²) in [6.45, 7) is -0.472.